The molecule has 6 heteroatoms. The quantitative estimate of drug-likeness (QED) is 0.519. The van der Waals surface area contributed by atoms with Gasteiger partial charge in [0.15, 0.2) is 5.76 Å². The topological polar surface area (TPSA) is 59.2 Å². The fourth-order valence-electron chi connectivity index (χ4n) is 3.67. The fourth-order valence-corrected chi connectivity index (χ4v) is 3.94. The van der Waals surface area contributed by atoms with Gasteiger partial charge in [0.1, 0.15) is 5.69 Å². The molecule has 0 N–H and O–H groups in total. The molecule has 1 fully saturated rings. The van der Waals surface area contributed by atoms with Crippen LogP contribution in [-0.2, 0) is 5.41 Å². The van der Waals surface area contributed by atoms with Crippen LogP contribution in [0.25, 0.3) is 22.6 Å². The molecule has 0 saturated carbocycles. The molecule has 1 saturated heterocycles. The predicted octanol–water partition coefficient (Wildman–Crippen LogP) is 5.98. The summed E-state index contributed by atoms with van der Waals surface area (Å²) in [6, 6.07) is 11.2. The second kappa shape index (κ2) is 8.23. The molecule has 0 aliphatic carbocycles. The lowest BCUT2D eigenvalue weighted by atomic mass is 9.90. The van der Waals surface area contributed by atoms with Gasteiger partial charge in [-0.2, -0.15) is 0 Å². The van der Waals surface area contributed by atoms with E-state index in [1.165, 1.54) is 6.42 Å². The van der Waals surface area contributed by atoms with E-state index in [1.54, 1.807) is 12.3 Å². The molecule has 0 radical (unpaired) electrons. The van der Waals surface area contributed by atoms with Gasteiger partial charge in [0.2, 0.25) is 0 Å². The number of hydrogen-bond donors (Lipinski definition) is 0. The van der Waals surface area contributed by atoms with E-state index in [-0.39, 0.29) is 11.3 Å². The molecule has 0 unspecified atom stereocenters. The van der Waals surface area contributed by atoms with Gasteiger partial charge in [0.05, 0.1) is 5.02 Å². The highest BCUT2D eigenvalue weighted by Crippen LogP contribution is 2.33. The summed E-state index contributed by atoms with van der Waals surface area (Å²) in [5.41, 5.74) is 3.84. The predicted molar refractivity (Wildman–Crippen MR) is 119 cm³/mol. The van der Waals surface area contributed by atoms with Gasteiger partial charge in [-0.25, -0.2) is 0 Å². The molecule has 1 amide bonds. The Morgan fingerprint density at radius 1 is 1.07 bits per heavy atom. The number of pyridine rings is 1. The van der Waals surface area contributed by atoms with Gasteiger partial charge >= 0.3 is 0 Å². The van der Waals surface area contributed by atoms with Crippen molar-refractivity contribution in [3.8, 4) is 22.6 Å². The highest BCUT2D eigenvalue weighted by atomic mass is 35.5. The zero-order chi connectivity index (χ0) is 21.3. The molecule has 0 bridgehead atoms. The highest BCUT2D eigenvalue weighted by Gasteiger charge is 2.21. The third-order valence-corrected chi connectivity index (χ3v) is 5.77. The largest absolute Gasteiger partial charge is 0.356 e. The van der Waals surface area contributed by atoms with Gasteiger partial charge in [-0.3, -0.25) is 9.78 Å². The molecule has 5 nitrogen and oxygen atoms in total. The third kappa shape index (κ3) is 4.26. The molecule has 1 aliphatic heterocycles. The maximum atomic E-state index is 12.7. The molecule has 4 rings (SSSR count). The van der Waals surface area contributed by atoms with Crippen LogP contribution in [0.1, 0.15) is 56.1 Å². The Labute approximate surface area is 182 Å². The molecular weight excluding hydrogens is 398 g/mol. The monoisotopic (exact) mass is 423 g/mol. The number of hydrogen-bond acceptors (Lipinski definition) is 4. The maximum absolute atomic E-state index is 12.7. The van der Waals surface area contributed by atoms with Crippen molar-refractivity contribution in [1.82, 2.24) is 15.0 Å². The Morgan fingerprint density at radius 2 is 1.83 bits per heavy atom. The first kappa shape index (κ1) is 20.6. The number of nitrogens with zero attached hydrogens (tertiary/aromatic N) is 3. The van der Waals surface area contributed by atoms with E-state index in [2.05, 4.69) is 30.9 Å². The normalized spacial score (nSPS) is 14.7. The second-order valence-electron chi connectivity index (χ2n) is 8.80. The Kier molecular flexibility index (Phi) is 5.65. The van der Waals surface area contributed by atoms with Crippen LogP contribution in [0.4, 0.5) is 0 Å². The fraction of sp³-hybridized carbons (Fsp3) is 0.375. The third-order valence-electron chi connectivity index (χ3n) is 5.46. The standard InChI is InChI=1S/C24H26ClN3O2/c1-24(2,3)22-14-16(9-10-26-22)21-15-20(27-30-21)18-8-7-17(13-19(18)25)23(29)28-11-5-4-6-12-28/h7-10,13-15H,4-6,11-12H2,1-3H3. The molecule has 3 aromatic rings. The van der Waals surface area contributed by atoms with Crippen molar-refractivity contribution in [3.05, 3.63) is 58.9 Å². The zero-order valence-electron chi connectivity index (χ0n) is 17.6. The number of aromatic nitrogens is 2. The van der Waals surface area contributed by atoms with E-state index in [0.717, 1.165) is 42.8 Å². The number of likely N-dealkylation sites (tertiary alicyclic amines) is 1. The molecule has 0 spiro atoms. The number of rotatable bonds is 3. The van der Waals surface area contributed by atoms with Gasteiger partial charge in [-0.1, -0.05) is 43.6 Å². The Balaban J connectivity index is 1.58. The van der Waals surface area contributed by atoms with Crippen molar-refractivity contribution in [2.24, 2.45) is 0 Å². The van der Waals surface area contributed by atoms with E-state index in [0.29, 0.717) is 22.0 Å². The number of carbonyl (C=O) groups excluding carboxylic acids is 1. The zero-order valence-corrected chi connectivity index (χ0v) is 18.4. The van der Waals surface area contributed by atoms with Crippen molar-refractivity contribution >= 4 is 17.5 Å². The smallest absolute Gasteiger partial charge is 0.253 e. The van der Waals surface area contributed by atoms with Crippen LogP contribution in [0.15, 0.2) is 47.1 Å². The van der Waals surface area contributed by atoms with Gasteiger partial charge in [0.25, 0.3) is 5.91 Å². The van der Waals surface area contributed by atoms with Crippen LogP contribution in [0.3, 0.4) is 0 Å². The van der Waals surface area contributed by atoms with E-state index in [9.17, 15) is 4.79 Å². The number of carbonyl (C=O) groups is 1. The maximum Gasteiger partial charge on any atom is 0.253 e. The van der Waals surface area contributed by atoms with Crippen molar-refractivity contribution < 1.29 is 9.32 Å². The summed E-state index contributed by atoms with van der Waals surface area (Å²) in [4.78, 5) is 19.1. The number of benzene rings is 1. The lowest BCUT2D eigenvalue weighted by molar-refractivity contribution is 0.0724. The first-order chi connectivity index (χ1) is 14.3. The van der Waals surface area contributed by atoms with Crippen molar-refractivity contribution in [2.45, 2.75) is 45.4 Å². The van der Waals surface area contributed by atoms with Gasteiger partial charge in [-0.05, 0) is 43.5 Å². The summed E-state index contributed by atoms with van der Waals surface area (Å²) in [5, 5.41) is 4.69. The summed E-state index contributed by atoms with van der Waals surface area (Å²) in [6.07, 6.45) is 5.09. The average molecular weight is 424 g/mol. The number of amides is 1. The summed E-state index contributed by atoms with van der Waals surface area (Å²) in [7, 11) is 0. The van der Waals surface area contributed by atoms with Crippen LogP contribution in [0.2, 0.25) is 5.02 Å². The first-order valence-electron chi connectivity index (χ1n) is 10.4. The van der Waals surface area contributed by atoms with Crippen LogP contribution in [-0.4, -0.2) is 34.0 Å². The van der Waals surface area contributed by atoms with E-state index < -0.39 is 0 Å². The molecular formula is C24H26ClN3O2. The highest BCUT2D eigenvalue weighted by molar-refractivity contribution is 6.33. The van der Waals surface area contributed by atoms with Gasteiger partial charge in [0, 0.05) is 53.2 Å². The summed E-state index contributed by atoms with van der Waals surface area (Å²) in [5.74, 6) is 0.693. The Bertz CT molecular complexity index is 1060. The number of piperidine rings is 1. The SMILES string of the molecule is CC(C)(C)c1cc(-c2cc(-c3ccc(C(=O)N4CCCCC4)cc3Cl)no2)ccn1. The Morgan fingerprint density at radius 3 is 2.53 bits per heavy atom. The second-order valence-corrected chi connectivity index (χ2v) is 9.21. The minimum atomic E-state index is -0.0567. The van der Waals surface area contributed by atoms with Crippen molar-refractivity contribution in [3.63, 3.8) is 0 Å². The summed E-state index contributed by atoms with van der Waals surface area (Å²) >= 11 is 6.52. The molecule has 3 heterocycles. The average Bonchev–Trinajstić information content (AvgIpc) is 3.23. The Hall–Kier alpha value is -2.66. The first-order valence-corrected chi connectivity index (χ1v) is 10.7. The molecule has 156 valence electrons. The molecule has 1 aliphatic rings. The molecule has 30 heavy (non-hydrogen) atoms. The molecule has 0 atom stereocenters. The van der Waals surface area contributed by atoms with Gasteiger partial charge < -0.3 is 9.42 Å². The van der Waals surface area contributed by atoms with Crippen LogP contribution in [0, 0.1) is 0 Å². The van der Waals surface area contributed by atoms with E-state index in [1.807, 2.05) is 35.2 Å². The minimum absolute atomic E-state index is 0.0375. The van der Waals surface area contributed by atoms with Gasteiger partial charge in [-0.15, -0.1) is 0 Å². The minimum Gasteiger partial charge on any atom is -0.356 e. The van der Waals surface area contributed by atoms with E-state index in [4.69, 9.17) is 16.1 Å². The molecule has 1 aromatic carbocycles. The summed E-state index contributed by atoms with van der Waals surface area (Å²) in [6.45, 7) is 7.99. The van der Waals surface area contributed by atoms with E-state index >= 15 is 0 Å². The van der Waals surface area contributed by atoms with Crippen LogP contribution in [0.5, 0.6) is 0 Å². The van der Waals surface area contributed by atoms with Crippen molar-refractivity contribution in [2.75, 3.05) is 13.1 Å². The molecule has 2 aromatic heterocycles. The lowest BCUT2D eigenvalue weighted by Gasteiger charge is -2.26. The number of halogens is 1. The van der Waals surface area contributed by atoms with Crippen LogP contribution >= 0.6 is 11.6 Å². The lowest BCUT2D eigenvalue weighted by Crippen LogP contribution is -2.35. The summed E-state index contributed by atoms with van der Waals surface area (Å²) < 4.78 is 5.59. The van der Waals surface area contributed by atoms with Crippen LogP contribution < -0.4 is 0 Å². The van der Waals surface area contributed by atoms with Crippen molar-refractivity contribution in [1.29, 1.82) is 0 Å².